The van der Waals surface area contributed by atoms with Crippen LogP contribution in [0, 0.1) is 5.92 Å². The summed E-state index contributed by atoms with van der Waals surface area (Å²) in [5, 5.41) is 3.01. The monoisotopic (exact) mass is 311 g/mol. The molecule has 0 aromatic rings. The largest absolute Gasteiger partial charge is 0.344 e. The van der Waals surface area contributed by atoms with Crippen LogP contribution in [0.4, 0.5) is 0 Å². The molecule has 128 valence electrons. The first-order chi connectivity index (χ1) is 10.3. The van der Waals surface area contributed by atoms with Gasteiger partial charge < -0.3 is 10.2 Å². The molecule has 0 bridgehead atoms. The summed E-state index contributed by atoms with van der Waals surface area (Å²) < 4.78 is 0. The number of hydrogen-bond donors (Lipinski definition) is 1. The molecule has 0 saturated carbocycles. The molecule has 0 spiro atoms. The summed E-state index contributed by atoms with van der Waals surface area (Å²) in [7, 11) is 1.78. The molecule has 2 amide bonds. The topological polar surface area (TPSA) is 52.7 Å². The molecule has 1 aliphatic heterocycles. The standard InChI is InChI=1S/C17H33N3O2/c1-7-19(6)17(22)15(12(2)3)18-16(21)14-10-8-9-11-20(14)13(4)5/h12-15H,7-11H2,1-6H3,(H,18,21). The Kier molecular flexibility index (Phi) is 7.33. The number of likely N-dealkylation sites (tertiary alicyclic amines) is 1. The summed E-state index contributed by atoms with van der Waals surface area (Å²) in [4.78, 5) is 29.1. The Morgan fingerprint density at radius 1 is 1.23 bits per heavy atom. The Hall–Kier alpha value is -1.10. The predicted octanol–water partition coefficient (Wildman–Crippen LogP) is 1.87. The minimum Gasteiger partial charge on any atom is -0.344 e. The first kappa shape index (κ1) is 18.9. The van der Waals surface area contributed by atoms with E-state index in [2.05, 4.69) is 24.1 Å². The zero-order chi connectivity index (χ0) is 16.9. The Bertz CT molecular complexity index is 382. The van der Waals surface area contributed by atoms with Crippen molar-refractivity contribution in [2.45, 2.75) is 72.0 Å². The molecule has 1 rings (SSSR count). The summed E-state index contributed by atoms with van der Waals surface area (Å²) in [6.07, 6.45) is 3.11. The number of hydrogen-bond acceptors (Lipinski definition) is 3. The molecule has 1 saturated heterocycles. The van der Waals surface area contributed by atoms with E-state index in [0.717, 1.165) is 25.8 Å². The second-order valence-electron chi connectivity index (χ2n) is 6.93. The van der Waals surface area contributed by atoms with E-state index in [1.54, 1.807) is 11.9 Å². The molecule has 0 radical (unpaired) electrons. The van der Waals surface area contributed by atoms with Crippen LogP contribution in [0.1, 0.15) is 53.9 Å². The van der Waals surface area contributed by atoms with Crippen LogP contribution >= 0.6 is 0 Å². The first-order valence-electron chi connectivity index (χ1n) is 8.60. The molecule has 0 aliphatic carbocycles. The van der Waals surface area contributed by atoms with Gasteiger partial charge in [-0.05, 0) is 46.1 Å². The maximum absolute atomic E-state index is 12.7. The van der Waals surface area contributed by atoms with E-state index in [4.69, 9.17) is 0 Å². The first-order valence-corrected chi connectivity index (χ1v) is 8.60. The highest BCUT2D eigenvalue weighted by atomic mass is 16.2. The number of amides is 2. The smallest absolute Gasteiger partial charge is 0.245 e. The Morgan fingerprint density at radius 2 is 1.86 bits per heavy atom. The number of nitrogens with one attached hydrogen (secondary N) is 1. The number of likely N-dealkylation sites (N-methyl/N-ethyl adjacent to an activating group) is 1. The average Bonchev–Trinajstić information content (AvgIpc) is 2.50. The second-order valence-corrected chi connectivity index (χ2v) is 6.93. The van der Waals surface area contributed by atoms with Crippen molar-refractivity contribution in [3.8, 4) is 0 Å². The van der Waals surface area contributed by atoms with Crippen LogP contribution in [-0.2, 0) is 9.59 Å². The molecule has 0 aromatic heterocycles. The van der Waals surface area contributed by atoms with Crippen molar-refractivity contribution < 1.29 is 9.59 Å². The van der Waals surface area contributed by atoms with Gasteiger partial charge in [0.1, 0.15) is 6.04 Å². The normalized spacial score (nSPS) is 21.0. The summed E-state index contributed by atoms with van der Waals surface area (Å²) in [6.45, 7) is 11.8. The molecule has 1 heterocycles. The van der Waals surface area contributed by atoms with Crippen LogP contribution in [0.2, 0.25) is 0 Å². The maximum Gasteiger partial charge on any atom is 0.245 e. The molecule has 0 aromatic carbocycles. The highest BCUT2D eigenvalue weighted by Crippen LogP contribution is 2.20. The Balaban J connectivity index is 2.79. The fourth-order valence-electron chi connectivity index (χ4n) is 3.01. The molecule has 2 atom stereocenters. The van der Waals surface area contributed by atoms with Crippen molar-refractivity contribution in [3.63, 3.8) is 0 Å². The van der Waals surface area contributed by atoms with Crippen LogP contribution < -0.4 is 5.32 Å². The molecular formula is C17H33N3O2. The van der Waals surface area contributed by atoms with Crippen LogP contribution in [0.3, 0.4) is 0 Å². The van der Waals surface area contributed by atoms with E-state index in [1.165, 1.54) is 0 Å². The second kappa shape index (κ2) is 8.51. The number of rotatable bonds is 6. The average molecular weight is 311 g/mol. The van der Waals surface area contributed by atoms with E-state index in [1.807, 2.05) is 20.8 Å². The van der Waals surface area contributed by atoms with Gasteiger partial charge in [0.05, 0.1) is 6.04 Å². The van der Waals surface area contributed by atoms with Crippen molar-refractivity contribution >= 4 is 11.8 Å². The van der Waals surface area contributed by atoms with Crippen LogP contribution in [0.15, 0.2) is 0 Å². The fraction of sp³-hybridized carbons (Fsp3) is 0.882. The SMILES string of the molecule is CCN(C)C(=O)C(NC(=O)C1CCCCN1C(C)C)C(C)C. The van der Waals surface area contributed by atoms with Crippen molar-refractivity contribution in [2.24, 2.45) is 5.92 Å². The summed E-state index contributed by atoms with van der Waals surface area (Å²) >= 11 is 0. The lowest BCUT2D eigenvalue weighted by Gasteiger charge is -2.38. The van der Waals surface area contributed by atoms with Gasteiger partial charge in [0, 0.05) is 19.6 Å². The zero-order valence-corrected chi connectivity index (χ0v) is 15.1. The molecule has 22 heavy (non-hydrogen) atoms. The van der Waals surface area contributed by atoms with Gasteiger partial charge in [-0.25, -0.2) is 0 Å². The van der Waals surface area contributed by atoms with Gasteiger partial charge >= 0.3 is 0 Å². The third-order valence-electron chi connectivity index (χ3n) is 4.59. The van der Waals surface area contributed by atoms with Gasteiger partial charge in [0.25, 0.3) is 0 Å². The number of nitrogens with zero attached hydrogens (tertiary/aromatic N) is 2. The van der Waals surface area contributed by atoms with Crippen LogP contribution in [-0.4, -0.2) is 59.9 Å². The molecular weight excluding hydrogens is 278 g/mol. The molecule has 5 nitrogen and oxygen atoms in total. The van der Waals surface area contributed by atoms with E-state index < -0.39 is 6.04 Å². The minimum absolute atomic E-state index is 0.00208. The maximum atomic E-state index is 12.7. The molecule has 1 N–H and O–H groups in total. The summed E-state index contributed by atoms with van der Waals surface area (Å²) in [6, 6.07) is -0.189. The van der Waals surface area contributed by atoms with Gasteiger partial charge in [-0.15, -0.1) is 0 Å². The number of carbonyl (C=O) groups excluding carboxylic acids is 2. The van der Waals surface area contributed by atoms with Crippen molar-refractivity contribution in [3.05, 3.63) is 0 Å². The predicted molar refractivity (Wildman–Crippen MR) is 89.6 cm³/mol. The van der Waals surface area contributed by atoms with Gasteiger partial charge in [-0.2, -0.15) is 0 Å². The molecule has 2 unspecified atom stereocenters. The van der Waals surface area contributed by atoms with Crippen LogP contribution in [0.5, 0.6) is 0 Å². The highest BCUT2D eigenvalue weighted by Gasteiger charge is 2.34. The van der Waals surface area contributed by atoms with E-state index in [-0.39, 0.29) is 23.8 Å². The quantitative estimate of drug-likeness (QED) is 0.815. The number of piperidine rings is 1. The van der Waals surface area contributed by atoms with Gasteiger partial charge in [-0.1, -0.05) is 20.3 Å². The van der Waals surface area contributed by atoms with Crippen molar-refractivity contribution in [1.82, 2.24) is 15.1 Å². The van der Waals surface area contributed by atoms with Gasteiger partial charge in [0.2, 0.25) is 11.8 Å². The minimum atomic E-state index is -0.437. The van der Waals surface area contributed by atoms with Crippen molar-refractivity contribution in [1.29, 1.82) is 0 Å². The van der Waals surface area contributed by atoms with E-state index >= 15 is 0 Å². The Morgan fingerprint density at radius 3 is 2.36 bits per heavy atom. The molecule has 5 heteroatoms. The molecule has 1 fully saturated rings. The van der Waals surface area contributed by atoms with E-state index in [0.29, 0.717) is 12.6 Å². The van der Waals surface area contributed by atoms with Crippen molar-refractivity contribution in [2.75, 3.05) is 20.1 Å². The Labute approximate surface area is 135 Å². The lowest BCUT2D eigenvalue weighted by atomic mass is 9.97. The number of carbonyl (C=O) groups is 2. The summed E-state index contributed by atoms with van der Waals surface area (Å²) in [5.41, 5.74) is 0. The van der Waals surface area contributed by atoms with Gasteiger partial charge in [-0.3, -0.25) is 14.5 Å². The zero-order valence-electron chi connectivity index (χ0n) is 15.1. The summed E-state index contributed by atoms with van der Waals surface area (Å²) in [5.74, 6) is 0.0873. The van der Waals surface area contributed by atoms with E-state index in [9.17, 15) is 9.59 Å². The third kappa shape index (κ3) is 4.70. The molecule has 1 aliphatic rings. The lowest BCUT2D eigenvalue weighted by molar-refractivity contribution is -0.138. The fourth-order valence-corrected chi connectivity index (χ4v) is 3.01. The third-order valence-corrected chi connectivity index (χ3v) is 4.59. The highest BCUT2D eigenvalue weighted by molar-refractivity contribution is 5.90. The van der Waals surface area contributed by atoms with Crippen LogP contribution in [0.25, 0.3) is 0 Å². The van der Waals surface area contributed by atoms with Gasteiger partial charge in [0.15, 0.2) is 0 Å². The lowest BCUT2D eigenvalue weighted by Crippen LogP contribution is -2.57.